The van der Waals surface area contributed by atoms with Crippen LogP contribution in [0.3, 0.4) is 0 Å². The van der Waals surface area contributed by atoms with Crippen LogP contribution in [0.15, 0.2) is 140 Å². The zero-order valence-corrected chi connectivity index (χ0v) is 33.8. The van der Waals surface area contributed by atoms with Crippen LogP contribution < -0.4 is 0 Å². The number of thiophene rings is 1. The van der Waals surface area contributed by atoms with Crippen LogP contribution >= 0.6 is 11.3 Å². The van der Waals surface area contributed by atoms with Gasteiger partial charge in [-0.15, -0.1) is 57.9 Å². The number of hydrogen-bond acceptors (Lipinski definition) is 4. The van der Waals surface area contributed by atoms with Crippen molar-refractivity contribution in [2.75, 3.05) is 0 Å². The molecule has 0 radical (unpaired) electrons. The summed E-state index contributed by atoms with van der Waals surface area (Å²) in [6.45, 7) is 11.3. The van der Waals surface area contributed by atoms with Crippen molar-refractivity contribution in [3.8, 4) is 11.3 Å². The third-order valence-electron chi connectivity index (χ3n) is 10.2. The number of hydrogen-bond donors (Lipinski definition) is 0. The molecule has 0 amide bonds. The number of fused-ring (bicyclic) bond motifs is 3. The maximum absolute atomic E-state index is 5.64. The van der Waals surface area contributed by atoms with Gasteiger partial charge in [0.15, 0.2) is 0 Å². The molecule has 1 unspecified atom stereocenters. The molecule has 8 rings (SSSR count). The third-order valence-corrected chi connectivity index (χ3v) is 11.4. The summed E-state index contributed by atoms with van der Waals surface area (Å²) in [6.07, 6.45) is 4.73. The van der Waals surface area contributed by atoms with E-state index in [1.54, 1.807) is 0 Å². The predicted octanol–water partition coefficient (Wildman–Crippen LogP) is 11.6. The van der Waals surface area contributed by atoms with Crippen LogP contribution in [0, 0.1) is 23.6 Å². The zero-order valence-electron chi connectivity index (χ0n) is 30.6. The molecular formula is C48H40IrN3S. The van der Waals surface area contributed by atoms with Crippen molar-refractivity contribution in [3.63, 3.8) is 0 Å². The average Bonchev–Trinajstić information content (AvgIpc) is 3.55. The van der Waals surface area contributed by atoms with Crippen LogP contribution in [0.2, 0.25) is 0 Å². The summed E-state index contributed by atoms with van der Waals surface area (Å²) in [7, 11) is 0. The largest absolute Gasteiger partial charge is 3.00 e. The van der Waals surface area contributed by atoms with E-state index in [1.165, 1.54) is 21.0 Å². The van der Waals surface area contributed by atoms with E-state index in [0.717, 1.165) is 56.2 Å². The van der Waals surface area contributed by atoms with E-state index in [2.05, 4.69) is 138 Å². The molecule has 4 aromatic carbocycles. The summed E-state index contributed by atoms with van der Waals surface area (Å²) in [5.41, 5.74) is 7.92. The minimum Gasteiger partial charge on any atom is -0.299 e. The Bertz CT molecular complexity index is 2410. The van der Waals surface area contributed by atoms with Gasteiger partial charge in [0, 0.05) is 38.6 Å². The summed E-state index contributed by atoms with van der Waals surface area (Å²) in [5.74, 6) is 0. The number of nitrogens with zero attached hydrogens (tertiary/aromatic N) is 3. The first kappa shape index (κ1) is 36.6. The fraction of sp³-hybridized carbons (Fsp3) is 0.188. The predicted molar refractivity (Wildman–Crippen MR) is 215 cm³/mol. The molecule has 8 aromatic rings. The van der Waals surface area contributed by atoms with Gasteiger partial charge < -0.3 is 0 Å². The average molecular weight is 883 g/mol. The fourth-order valence-corrected chi connectivity index (χ4v) is 8.68. The molecule has 0 saturated carbocycles. The Morgan fingerprint density at radius 3 is 1.81 bits per heavy atom. The number of benzene rings is 4. The van der Waals surface area contributed by atoms with Crippen molar-refractivity contribution in [3.05, 3.63) is 197 Å². The monoisotopic (exact) mass is 883 g/mol. The summed E-state index contributed by atoms with van der Waals surface area (Å²) >= 11 is 1.82. The molecule has 2 atom stereocenters. The second-order valence-electron chi connectivity index (χ2n) is 15.1. The molecule has 0 aliphatic heterocycles. The molecule has 0 N–H and O–H groups in total. The van der Waals surface area contributed by atoms with Crippen LogP contribution in [-0.4, -0.2) is 15.0 Å². The molecular weight excluding hydrogens is 843 g/mol. The summed E-state index contributed by atoms with van der Waals surface area (Å²) in [4.78, 5) is 15.4. The summed E-state index contributed by atoms with van der Waals surface area (Å²) in [6, 6.07) is 55.2. The van der Waals surface area contributed by atoms with Crippen LogP contribution in [0.25, 0.3) is 31.4 Å². The van der Waals surface area contributed by atoms with Gasteiger partial charge in [-0.05, 0) is 78.4 Å². The van der Waals surface area contributed by atoms with Gasteiger partial charge in [0.1, 0.15) is 0 Å². The Balaban J connectivity index is 0.00000435. The molecule has 3 nitrogen and oxygen atoms in total. The fourth-order valence-electron chi connectivity index (χ4n) is 7.43. The second kappa shape index (κ2) is 14.6. The molecule has 262 valence electrons. The van der Waals surface area contributed by atoms with Crippen molar-refractivity contribution < 1.29 is 20.1 Å². The van der Waals surface area contributed by atoms with Crippen molar-refractivity contribution >= 4 is 31.5 Å². The van der Waals surface area contributed by atoms with Gasteiger partial charge in [-0.25, -0.2) is 0 Å². The van der Waals surface area contributed by atoms with Crippen molar-refractivity contribution in [1.82, 2.24) is 15.0 Å². The van der Waals surface area contributed by atoms with Crippen LogP contribution in [0.1, 0.15) is 74.0 Å². The Hall–Kier alpha value is -4.80. The minimum absolute atomic E-state index is 0. The second-order valence-corrected chi connectivity index (χ2v) is 16.2. The van der Waals surface area contributed by atoms with Crippen LogP contribution in [-0.2, 0) is 37.4 Å². The molecule has 0 spiro atoms. The van der Waals surface area contributed by atoms with Crippen LogP contribution in [0.4, 0.5) is 0 Å². The van der Waals surface area contributed by atoms with Gasteiger partial charge in [0.05, 0.1) is 16.8 Å². The first-order chi connectivity index (χ1) is 25.1. The Labute approximate surface area is 330 Å². The normalized spacial score (nSPS) is 14.0. The Morgan fingerprint density at radius 1 is 0.585 bits per heavy atom. The van der Waals surface area contributed by atoms with E-state index < -0.39 is 10.8 Å². The Kier molecular flexibility index (Phi) is 10.0. The molecule has 5 heteroatoms. The first-order valence-electron chi connectivity index (χ1n) is 17.8. The Morgan fingerprint density at radius 2 is 1.21 bits per heavy atom. The van der Waals surface area contributed by atoms with Crippen molar-refractivity contribution in [2.24, 2.45) is 5.41 Å². The maximum atomic E-state index is 5.64. The minimum atomic E-state index is -0.676. The van der Waals surface area contributed by atoms with E-state index >= 15 is 0 Å². The molecule has 4 aromatic heterocycles. The van der Waals surface area contributed by atoms with Gasteiger partial charge in [-0.2, -0.15) is 60.7 Å². The molecule has 4 heterocycles. The number of pyridine rings is 3. The van der Waals surface area contributed by atoms with Crippen molar-refractivity contribution in [2.45, 2.75) is 51.9 Å². The molecule has 0 aliphatic carbocycles. The smallest absolute Gasteiger partial charge is 0.299 e. The summed E-state index contributed by atoms with van der Waals surface area (Å²) < 4.78 is 2.41. The van der Waals surface area contributed by atoms with E-state index in [1.807, 2.05) is 66.2 Å². The molecule has 0 bridgehead atoms. The third kappa shape index (κ3) is 6.79. The van der Waals surface area contributed by atoms with E-state index in [4.69, 9.17) is 15.0 Å². The van der Waals surface area contributed by atoms with Gasteiger partial charge in [-0.3, -0.25) is 15.0 Å². The molecule has 0 saturated heterocycles. The molecule has 0 fully saturated rings. The summed E-state index contributed by atoms with van der Waals surface area (Å²) in [5, 5.41) is 2.42. The van der Waals surface area contributed by atoms with Gasteiger partial charge in [0.25, 0.3) is 0 Å². The quantitative estimate of drug-likeness (QED) is 0.143. The standard InChI is InChI=1S/C48H40N3S.Ir/c1-46(2,3)32-33-25-26-38-39-31-43(48(5,36-20-10-7-11-21-36)42-24-13-15-28-50-42)51-44(45(39)52-40(38)29-33)34-17-16-22-37(30-34)47(4,35-18-8-6-9-19-35)41-23-12-14-27-49-41;/h6-18,20,22-29,31H,32H2,1-5H3;/q-3;+3/t47?,48-;/m1./s1. The van der Waals surface area contributed by atoms with Crippen molar-refractivity contribution in [1.29, 1.82) is 0 Å². The number of rotatable bonds is 8. The molecule has 53 heavy (non-hydrogen) atoms. The van der Waals surface area contributed by atoms with E-state index in [0.29, 0.717) is 0 Å². The first-order valence-corrected chi connectivity index (χ1v) is 18.6. The molecule has 0 aliphatic rings. The van der Waals surface area contributed by atoms with E-state index in [9.17, 15) is 0 Å². The SMILES string of the molecule is CC(C)(C)Cc1ccc2c(c1)sc1c(-c3[c-]c(C(C)(c4[c-]cccc4)c4ccccn4)ccc3)nc([C@](C)(c3[c-]cccc3)c3ccccn3)cc12.[Ir+3]. The van der Waals surface area contributed by atoms with Crippen LogP contribution in [0.5, 0.6) is 0 Å². The van der Waals surface area contributed by atoms with Gasteiger partial charge >= 0.3 is 20.1 Å². The van der Waals surface area contributed by atoms with Gasteiger partial charge in [0.2, 0.25) is 0 Å². The topological polar surface area (TPSA) is 38.7 Å². The zero-order chi connectivity index (χ0) is 35.9. The van der Waals surface area contributed by atoms with Gasteiger partial charge in [-0.1, -0.05) is 45.0 Å². The van der Waals surface area contributed by atoms with E-state index in [-0.39, 0.29) is 25.5 Å². The number of aromatic nitrogens is 3. The maximum Gasteiger partial charge on any atom is 3.00 e.